The molecule has 0 radical (unpaired) electrons. The molecule has 0 saturated carbocycles. The molecule has 0 spiro atoms. The number of amides is 1. The van der Waals surface area contributed by atoms with Crippen LogP contribution in [0.1, 0.15) is 34.2 Å². The summed E-state index contributed by atoms with van der Waals surface area (Å²) in [5.74, 6) is 0.522. The minimum Gasteiger partial charge on any atom is -0.308 e. The number of aromatic amines is 1. The molecule has 0 saturated heterocycles. The van der Waals surface area contributed by atoms with Crippen molar-refractivity contribution in [2.75, 3.05) is 11.4 Å². The van der Waals surface area contributed by atoms with Crippen LogP contribution in [0.25, 0.3) is 0 Å². The van der Waals surface area contributed by atoms with E-state index in [1.165, 1.54) is 5.56 Å². The van der Waals surface area contributed by atoms with Crippen LogP contribution in [0.15, 0.2) is 24.3 Å². The van der Waals surface area contributed by atoms with Gasteiger partial charge in [0, 0.05) is 17.9 Å². The van der Waals surface area contributed by atoms with Crippen molar-refractivity contribution in [3.05, 3.63) is 46.8 Å². The first-order chi connectivity index (χ1) is 9.58. The third-order valence-corrected chi connectivity index (χ3v) is 3.93. The number of hydrogen-bond acceptors (Lipinski definition) is 2. The number of carbonyl (C=O) groups excluding carboxylic acids is 1. The molecule has 0 aliphatic carbocycles. The van der Waals surface area contributed by atoms with Crippen molar-refractivity contribution in [3.8, 4) is 0 Å². The zero-order chi connectivity index (χ0) is 14.3. The molecule has 104 valence electrons. The van der Waals surface area contributed by atoms with Crippen molar-refractivity contribution in [1.82, 2.24) is 10.2 Å². The maximum Gasteiger partial charge on any atom is 0.262 e. The molecule has 2 aromatic rings. The van der Waals surface area contributed by atoms with E-state index in [1.807, 2.05) is 36.9 Å². The topological polar surface area (TPSA) is 49.0 Å². The molecule has 1 amide bonds. The number of anilines is 1. The van der Waals surface area contributed by atoms with Crippen LogP contribution in [0, 0.1) is 19.8 Å². The van der Waals surface area contributed by atoms with Crippen molar-refractivity contribution in [2.45, 2.75) is 27.2 Å². The summed E-state index contributed by atoms with van der Waals surface area (Å²) < 4.78 is 0. The highest BCUT2D eigenvalue weighted by Crippen LogP contribution is 2.31. The minimum atomic E-state index is 0.0488. The summed E-state index contributed by atoms with van der Waals surface area (Å²) in [5.41, 5.74) is 4.59. The predicted molar refractivity (Wildman–Crippen MR) is 79.0 cm³/mol. The van der Waals surface area contributed by atoms with E-state index in [9.17, 15) is 4.79 Å². The van der Waals surface area contributed by atoms with E-state index < -0.39 is 0 Å². The van der Waals surface area contributed by atoms with Crippen LogP contribution in [0.4, 0.5) is 5.69 Å². The summed E-state index contributed by atoms with van der Waals surface area (Å²) in [6.07, 6.45) is 1.03. The number of H-pyrrole nitrogens is 1. The number of para-hydroxylation sites is 1. The maximum atomic E-state index is 12.9. The average molecular weight is 269 g/mol. The van der Waals surface area contributed by atoms with Gasteiger partial charge in [-0.25, -0.2) is 0 Å². The molecule has 4 nitrogen and oxygen atoms in total. The zero-order valence-corrected chi connectivity index (χ0v) is 12.1. The van der Waals surface area contributed by atoms with Crippen molar-refractivity contribution < 1.29 is 4.79 Å². The summed E-state index contributed by atoms with van der Waals surface area (Å²) in [7, 11) is 0. The fourth-order valence-corrected chi connectivity index (χ4v) is 2.99. The molecular weight excluding hydrogens is 250 g/mol. The molecule has 1 aromatic heterocycles. The Morgan fingerprint density at radius 3 is 2.80 bits per heavy atom. The first-order valence-corrected chi connectivity index (χ1v) is 6.99. The van der Waals surface area contributed by atoms with Gasteiger partial charge in [-0.15, -0.1) is 0 Å². The lowest BCUT2D eigenvalue weighted by Crippen LogP contribution is -2.39. The molecule has 1 aliphatic rings. The van der Waals surface area contributed by atoms with Gasteiger partial charge in [-0.2, -0.15) is 5.10 Å². The van der Waals surface area contributed by atoms with Gasteiger partial charge in [-0.1, -0.05) is 25.1 Å². The predicted octanol–water partition coefficient (Wildman–Crippen LogP) is 2.87. The number of aromatic nitrogens is 2. The standard InChI is InChI=1S/C16H19N3O/c1-10-8-13-6-4-5-7-14(13)19(9-10)16(20)15-11(2)17-18-12(15)3/h4-7,10H,8-9H2,1-3H3,(H,17,18). The Morgan fingerprint density at radius 2 is 2.10 bits per heavy atom. The molecular formula is C16H19N3O. The first kappa shape index (κ1) is 12.9. The van der Waals surface area contributed by atoms with Crippen LogP contribution in [-0.2, 0) is 6.42 Å². The van der Waals surface area contributed by atoms with E-state index in [-0.39, 0.29) is 5.91 Å². The van der Waals surface area contributed by atoms with E-state index >= 15 is 0 Å². The molecule has 1 unspecified atom stereocenters. The summed E-state index contributed by atoms with van der Waals surface area (Å²) >= 11 is 0. The molecule has 2 heterocycles. The van der Waals surface area contributed by atoms with Crippen molar-refractivity contribution in [3.63, 3.8) is 0 Å². The fourth-order valence-electron chi connectivity index (χ4n) is 2.99. The zero-order valence-electron chi connectivity index (χ0n) is 12.1. The Morgan fingerprint density at radius 1 is 1.35 bits per heavy atom. The molecule has 1 atom stereocenters. The second-order valence-electron chi connectivity index (χ2n) is 5.66. The van der Waals surface area contributed by atoms with Crippen molar-refractivity contribution in [1.29, 1.82) is 0 Å². The monoisotopic (exact) mass is 269 g/mol. The van der Waals surface area contributed by atoms with Crippen LogP contribution in [0.2, 0.25) is 0 Å². The second kappa shape index (κ2) is 4.78. The number of benzene rings is 1. The van der Waals surface area contributed by atoms with Gasteiger partial charge in [0.2, 0.25) is 0 Å². The molecule has 3 rings (SSSR count). The largest absolute Gasteiger partial charge is 0.308 e. The molecule has 4 heteroatoms. The number of nitrogens with one attached hydrogen (secondary N) is 1. The van der Waals surface area contributed by atoms with Crippen molar-refractivity contribution in [2.24, 2.45) is 5.92 Å². The highest BCUT2D eigenvalue weighted by molar-refractivity contribution is 6.08. The number of carbonyl (C=O) groups is 1. The van der Waals surface area contributed by atoms with Crippen LogP contribution in [0.3, 0.4) is 0 Å². The lowest BCUT2D eigenvalue weighted by Gasteiger charge is -2.33. The molecule has 20 heavy (non-hydrogen) atoms. The minimum absolute atomic E-state index is 0.0488. The molecule has 1 N–H and O–H groups in total. The number of fused-ring (bicyclic) bond motifs is 1. The quantitative estimate of drug-likeness (QED) is 0.865. The van der Waals surface area contributed by atoms with Gasteiger partial charge in [-0.3, -0.25) is 9.89 Å². The van der Waals surface area contributed by atoms with Crippen LogP contribution >= 0.6 is 0 Å². The summed E-state index contributed by atoms with van der Waals surface area (Å²) in [4.78, 5) is 14.8. The lowest BCUT2D eigenvalue weighted by atomic mass is 9.93. The van der Waals surface area contributed by atoms with E-state index in [2.05, 4.69) is 23.2 Å². The van der Waals surface area contributed by atoms with E-state index in [4.69, 9.17) is 0 Å². The Bertz CT molecular complexity index is 640. The number of hydrogen-bond donors (Lipinski definition) is 1. The summed E-state index contributed by atoms with van der Waals surface area (Å²) in [6.45, 7) is 6.72. The third kappa shape index (κ3) is 2.01. The van der Waals surface area contributed by atoms with E-state index in [0.29, 0.717) is 11.5 Å². The Hall–Kier alpha value is -2.10. The van der Waals surface area contributed by atoms with Gasteiger partial charge < -0.3 is 4.90 Å². The molecule has 0 bridgehead atoms. The highest BCUT2D eigenvalue weighted by Gasteiger charge is 2.29. The van der Waals surface area contributed by atoms with Crippen LogP contribution in [-0.4, -0.2) is 22.6 Å². The molecule has 1 aliphatic heterocycles. The average Bonchev–Trinajstić information content (AvgIpc) is 2.76. The lowest BCUT2D eigenvalue weighted by molar-refractivity contribution is 0.0980. The molecule has 1 aromatic carbocycles. The summed E-state index contributed by atoms with van der Waals surface area (Å²) in [6, 6.07) is 8.17. The van der Waals surface area contributed by atoms with Gasteiger partial charge in [0.1, 0.15) is 0 Å². The van der Waals surface area contributed by atoms with Gasteiger partial charge in [0.15, 0.2) is 0 Å². The number of nitrogens with zero attached hydrogens (tertiary/aromatic N) is 2. The normalized spacial score (nSPS) is 17.9. The smallest absolute Gasteiger partial charge is 0.262 e. The Labute approximate surface area is 118 Å². The number of rotatable bonds is 1. The highest BCUT2D eigenvalue weighted by atomic mass is 16.2. The fraction of sp³-hybridized carbons (Fsp3) is 0.375. The van der Waals surface area contributed by atoms with Gasteiger partial charge in [0.05, 0.1) is 11.3 Å². The van der Waals surface area contributed by atoms with Crippen LogP contribution in [0.5, 0.6) is 0 Å². The maximum absolute atomic E-state index is 12.9. The number of aryl methyl sites for hydroxylation is 2. The Kier molecular flexibility index (Phi) is 3.08. The first-order valence-electron chi connectivity index (χ1n) is 6.99. The third-order valence-electron chi connectivity index (χ3n) is 3.93. The van der Waals surface area contributed by atoms with Gasteiger partial charge in [-0.05, 0) is 37.8 Å². The van der Waals surface area contributed by atoms with Gasteiger partial charge in [0.25, 0.3) is 5.91 Å². The van der Waals surface area contributed by atoms with Crippen molar-refractivity contribution >= 4 is 11.6 Å². The van der Waals surface area contributed by atoms with E-state index in [0.717, 1.165) is 30.0 Å². The molecule has 0 fully saturated rings. The Balaban J connectivity index is 2.05. The van der Waals surface area contributed by atoms with E-state index in [1.54, 1.807) is 0 Å². The van der Waals surface area contributed by atoms with Gasteiger partial charge >= 0.3 is 0 Å². The SMILES string of the molecule is Cc1n[nH]c(C)c1C(=O)N1CC(C)Cc2ccccc21. The second-order valence-corrected chi connectivity index (χ2v) is 5.66. The summed E-state index contributed by atoms with van der Waals surface area (Å²) in [5, 5.41) is 7.03. The van der Waals surface area contributed by atoms with Crippen LogP contribution < -0.4 is 4.90 Å².